The quantitative estimate of drug-likeness (QED) is 0.382. The second kappa shape index (κ2) is 9.72. The van der Waals surface area contributed by atoms with Crippen LogP contribution in [0.15, 0.2) is 59.3 Å². The third-order valence-corrected chi connectivity index (χ3v) is 6.82. The number of benzene rings is 1. The Hall–Kier alpha value is -3.75. The average Bonchev–Trinajstić information content (AvgIpc) is 3.38. The van der Waals surface area contributed by atoms with Crippen molar-refractivity contribution >= 4 is 16.8 Å². The van der Waals surface area contributed by atoms with E-state index in [1.165, 1.54) is 0 Å². The largest absolute Gasteiger partial charge is 0.486 e. The van der Waals surface area contributed by atoms with Gasteiger partial charge in [0.2, 0.25) is 5.78 Å². The van der Waals surface area contributed by atoms with Crippen molar-refractivity contribution < 1.29 is 18.7 Å². The molecule has 0 amide bonds. The highest BCUT2D eigenvalue weighted by Crippen LogP contribution is 2.33. The molecule has 8 heteroatoms. The first-order valence-electron chi connectivity index (χ1n) is 12.3. The lowest BCUT2D eigenvalue weighted by atomic mass is 10.1. The van der Waals surface area contributed by atoms with Gasteiger partial charge in [0, 0.05) is 62.6 Å². The minimum absolute atomic E-state index is 0.184. The zero-order chi connectivity index (χ0) is 24.5. The van der Waals surface area contributed by atoms with Gasteiger partial charge in [0.1, 0.15) is 13.2 Å². The Balaban J connectivity index is 1.18. The molecule has 3 aromatic heterocycles. The number of ether oxygens (including phenoxy) is 2. The number of pyridine rings is 2. The molecule has 0 atom stereocenters. The second-order valence-corrected chi connectivity index (χ2v) is 9.28. The number of nitrogens with zero attached hydrogens (tertiary/aromatic N) is 4. The van der Waals surface area contributed by atoms with Crippen LogP contribution in [0.1, 0.15) is 33.1 Å². The first kappa shape index (κ1) is 22.7. The Morgan fingerprint density at radius 2 is 1.69 bits per heavy atom. The van der Waals surface area contributed by atoms with Crippen molar-refractivity contribution in [2.75, 3.05) is 39.4 Å². The number of furan rings is 1. The number of hydrogen-bond acceptors (Lipinski definition) is 8. The number of piperazine rings is 1. The monoisotopic (exact) mass is 484 g/mol. The zero-order valence-electron chi connectivity index (χ0n) is 20.3. The molecule has 0 saturated carbocycles. The van der Waals surface area contributed by atoms with Crippen LogP contribution in [0.5, 0.6) is 11.5 Å². The van der Waals surface area contributed by atoms with Gasteiger partial charge in [0.25, 0.3) is 0 Å². The number of carbonyl (C=O) groups excluding carboxylic acids is 1. The third kappa shape index (κ3) is 4.57. The summed E-state index contributed by atoms with van der Waals surface area (Å²) in [6.45, 7) is 8.42. The lowest BCUT2D eigenvalue weighted by Crippen LogP contribution is -2.45. The number of fused-ring (bicyclic) bond motifs is 2. The van der Waals surface area contributed by atoms with Crippen molar-refractivity contribution in [3.8, 4) is 11.5 Å². The molecule has 0 N–H and O–H groups in total. The van der Waals surface area contributed by atoms with Crippen LogP contribution in [0, 0.1) is 6.92 Å². The Kier molecular flexibility index (Phi) is 6.13. The SMILES string of the molecule is Cc1ncc(CN2CCN(Cc3ccccn3)CC2)c2cc(C(=O)c3ccc4c(c3)OCCO4)oc12. The number of aromatic nitrogens is 2. The maximum atomic E-state index is 13.3. The molecule has 2 aliphatic heterocycles. The molecule has 6 rings (SSSR count). The summed E-state index contributed by atoms with van der Waals surface area (Å²) in [6, 6.07) is 13.2. The fourth-order valence-electron chi connectivity index (χ4n) is 4.83. The van der Waals surface area contributed by atoms with Gasteiger partial charge in [-0.3, -0.25) is 24.6 Å². The topological polar surface area (TPSA) is 80.9 Å². The molecule has 184 valence electrons. The summed E-state index contributed by atoms with van der Waals surface area (Å²) in [4.78, 5) is 27.1. The van der Waals surface area contributed by atoms with Crippen LogP contribution in [0.3, 0.4) is 0 Å². The molecule has 5 heterocycles. The molecule has 0 radical (unpaired) electrons. The van der Waals surface area contributed by atoms with E-state index in [4.69, 9.17) is 13.9 Å². The van der Waals surface area contributed by atoms with E-state index in [1.807, 2.05) is 37.5 Å². The number of ketones is 1. The number of aryl methyl sites for hydroxylation is 1. The molecular formula is C28H28N4O4. The molecule has 36 heavy (non-hydrogen) atoms. The maximum absolute atomic E-state index is 13.3. The van der Waals surface area contributed by atoms with Crippen molar-refractivity contribution in [3.05, 3.63) is 83.1 Å². The van der Waals surface area contributed by atoms with Gasteiger partial charge in [-0.2, -0.15) is 0 Å². The first-order valence-corrected chi connectivity index (χ1v) is 12.3. The molecule has 0 bridgehead atoms. The van der Waals surface area contributed by atoms with E-state index in [0.29, 0.717) is 41.6 Å². The molecule has 1 aromatic carbocycles. The van der Waals surface area contributed by atoms with Gasteiger partial charge in [0.05, 0.1) is 11.4 Å². The first-order chi connectivity index (χ1) is 17.6. The van der Waals surface area contributed by atoms with Crippen molar-refractivity contribution in [1.82, 2.24) is 19.8 Å². The van der Waals surface area contributed by atoms with Crippen LogP contribution in [0.4, 0.5) is 0 Å². The molecule has 2 aliphatic rings. The van der Waals surface area contributed by atoms with Gasteiger partial charge in [-0.25, -0.2) is 0 Å². The van der Waals surface area contributed by atoms with Crippen molar-refractivity contribution in [3.63, 3.8) is 0 Å². The van der Waals surface area contributed by atoms with Crippen LogP contribution in [-0.4, -0.2) is 64.9 Å². The lowest BCUT2D eigenvalue weighted by Gasteiger charge is -2.34. The normalized spacial score (nSPS) is 16.4. The second-order valence-electron chi connectivity index (χ2n) is 9.28. The highest BCUT2D eigenvalue weighted by molar-refractivity contribution is 6.09. The molecule has 0 spiro atoms. The van der Waals surface area contributed by atoms with Gasteiger partial charge in [-0.15, -0.1) is 0 Å². The summed E-state index contributed by atoms with van der Waals surface area (Å²) in [7, 11) is 0. The Bertz CT molecular complexity index is 1390. The van der Waals surface area contributed by atoms with E-state index in [9.17, 15) is 4.79 Å². The summed E-state index contributed by atoms with van der Waals surface area (Å²) < 4.78 is 17.3. The van der Waals surface area contributed by atoms with E-state index >= 15 is 0 Å². The fraction of sp³-hybridized carbons (Fsp3) is 0.321. The molecule has 1 saturated heterocycles. The van der Waals surface area contributed by atoms with Gasteiger partial charge >= 0.3 is 0 Å². The minimum atomic E-state index is -0.184. The third-order valence-electron chi connectivity index (χ3n) is 6.82. The minimum Gasteiger partial charge on any atom is -0.486 e. The Morgan fingerprint density at radius 1 is 0.917 bits per heavy atom. The van der Waals surface area contributed by atoms with E-state index in [2.05, 4.69) is 25.8 Å². The van der Waals surface area contributed by atoms with Gasteiger partial charge in [-0.05, 0) is 48.9 Å². The van der Waals surface area contributed by atoms with Crippen LogP contribution < -0.4 is 9.47 Å². The predicted molar refractivity (Wildman–Crippen MR) is 134 cm³/mol. The maximum Gasteiger partial charge on any atom is 0.228 e. The molecule has 1 fully saturated rings. The molecule has 0 aliphatic carbocycles. The van der Waals surface area contributed by atoms with E-state index < -0.39 is 0 Å². The fourth-order valence-corrected chi connectivity index (χ4v) is 4.83. The summed E-state index contributed by atoms with van der Waals surface area (Å²) >= 11 is 0. The summed E-state index contributed by atoms with van der Waals surface area (Å²) in [5.74, 6) is 1.37. The molecular weight excluding hydrogens is 456 g/mol. The standard InChI is InChI=1S/C28H28N4O4/c1-19-28-23(15-26(36-28)27(33)20-5-6-24-25(14-20)35-13-12-34-24)21(16-30-19)17-31-8-10-32(11-9-31)18-22-4-2-3-7-29-22/h2-7,14-16H,8-13,17-18H2,1H3. The van der Waals surface area contributed by atoms with Crippen LogP contribution in [-0.2, 0) is 13.1 Å². The number of hydrogen-bond donors (Lipinski definition) is 0. The predicted octanol–water partition coefficient (Wildman–Crippen LogP) is 3.85. The highest BCUT2D eigenvalue weighted by Gasteiger charge is 2.23. The van der Waals surface area contributed by atoms with Gasteiger partial charge < -0.3 is 13.9 Å². The summed E-state index contributed by atoms with van der Waals surface area (Å²) in [6.07, 6.45) is 3.75. The van der Waals surface area contributed by atoms with Gasteiger partial charge in [0.15, 0.2) is 22.8 Å². The highest BCUT2D eigenvalue weighted by atomic mass is 16.6. The number of rotatable bonds is 6. The molecule has 4 aromatic rings. The van der Waals surface area contributed by atoms with Crippen molar-refractivity contribution in [2.45, 2.75) is 20.0 Å². The summed E-state index contributed by atoms with van der Waals surface area (Å²) in [5.41, 5.74) is 4.12. The van der Waals surface area contributed by atoms with Crippen LogP contribution in [0.2, 0.25) is 0 Å². The smallest absolute Gasteiger partial charge is 0.228 e. The van der Waals surface area contributed by atoms with E-state index in [1.54, 1.807) is 18.2 Å². The van der Waals surface area contributed by atoms with E-state index in [-0.39, 0.29) is 5.78 Å². The number of carbonyl (C=O) groups is 1. The average molecular weight is 485 g/mol. The summed E-state index contributed by atoms with van der Waals surface area (Å²) in [5, 5.41) is 0.944. The van der Waals surface area contributed by atoms with Gasteiger partial charge in [-0.1, -0.05) is 6.07 Å². The molecule has 0 unspecified atom stereocenters. The van der Waals surface area contributed by atoms with Crippen LogP contribution >= 0.6 is 0 Å². The van der Waals surface area contributed by atoms with Crippen molar-refractivity contribution in [1.29, 1.82) is 0 Å². The molecule has 8 nitrogen and oxygen atoms in total. The van der Waals surface area contributed by atoms with Crippen LogP contribution in [0.25, 0.3) is 11.0 Å². The Morgan fingerprint density at radius 3 is 2.47 bits per heavy atom. The van der Waals surface area contributed by atoms with Crippen molar-refractivity contribution in [2.24, 2.45) is 0 Å². The Labute approximate surface area is 209 Å². The zero-order valence-corrected chi connectivity index (χ0v) is 20.3. The van der Waals surface area contributed by atoms with E-state index in [0.717, 1.165) is 61.6 Å². The lowest BCUT2D eigenvalue weighted by molar-refractivity contribution is 0.101.